The average Bonchev–Trinajstić information content (AvgIpc) is 2.76. The van der Waals surface area contributed by atoms with Crippen molar-refractivity contribution in [3.63, 3.8) is 0 Å². The fourth-order valence-corrected chi connectivity index (χ4v) is 5.72. The van der Waals surface area contributed by atoms with Crippen LogP contribution in [0, 0.1) is 11.8 Å². The van der Waals surface area contributed by atoms with E-state index in [1.165, 1.54) is 36.4 Å². The maximum atomic E-state index is 13.2. The molecule has 2 aromatic rings. The topological polar surface area (TPSA) is 126 Å². The molecule has 10 heteroatoms. The molecule has 0 aliphatic heterocycles. The second-order valence-corrected chi connectivity index (χ2v) is 12.8. The van der Waals surface area contributed by atoms with Crippen LogP contribution in [0.25, 0.3) is 0 Å². The molecule has 2 N–H and O–H groups in total. The van der Waals surface area contributed by atoms with Crippen LogP contribution in [0.4, 0.5) is 0 Å². The third kappa shape index (κ3) is 5.63. The Kier molecular flexibility index (Phi) is 7.76. The molecule has 0 bridgehead atoms. The van der Waals surface area contributed by atoms with Crippen molar-refractivity contribution in [1.29, 1.82) is 0 Å². The van der Waals surface area contributed by atoms with Gasteiger partial charge in [-0.05, 0) is 61.1 Å². The summed E-state index contributed by atoms with van der Waals surface area (Å²) in [5, 5.41) is 0. The summed E-state index contributed by atoms with van der Waals surface area (Å²) in [5.41, 5.74) is 0.0479. The lowest BCUT2D eigenvalue weighted by atomic mass is 9.84. The lowest BCUT2D eigenvalue weighted by Gasteiger charge is -2.19. The van der Waals surface area contributed by atoms with Gasteiger partial charge in [0.25, 0.3) is 0 Å². The molecule has 0 aromatic heterocycles. The molecule has 2 aromatic carbocycles. The molecule has 8 nitrogen and oxygen atoms in total. The van der Waals surface area contributed by atoms with Crippen LogP contribution in [0.1, 0.15) is 72.4 Å². The molecule has 1 aliphatic carbocycles. The molecule has 0 saturated heterocycles. The van der Waals surface area contributed by atoms with E-state index in [4.69, 9.17) is 0 Å². The van der Waals surface area contributed by atoms with Crippen molar-refractivity contribution in [2.45, 2.75) is 50.3 Å². The smallest absolute Gasteiger partial charge is 0.240 e. The van der Waals surface area contributed by atoms with Crippen molar-refractivity contribution in [3.8, 4) is 0 Å². The monoisotopic (exact) mass is 506 g/mol. The van der Waals surface area contributed by atoms with Gasteiger partial charge in [-0.15, -0.1) is 0 Å². The van der Waals surface area contributed by atoms with E-state index in [-0.39, 0.29) is 45.1 Å². The van der Waals surface area contributed by atoms with Crippen LogP contribution in [0.5, 0.6) is 0 Å². The minimum absolute atomic E-state index is 0.0634. The first-order valence-electron chi connectivity index (χ1n) is 11.2. The van der Waals surface area contributed by atoms with Gasteiger partial charge in [-0.25, -0.2) is 26.3 Å². The van der Waals surface area contributed by atoms with E-state index in [2.05, 4.69) is 9.44 Å². The van der Waals surface area contributed by atoms with Crippen LogP contribution >= 0.6 is 0 Å². The molecule has 0 radical (unpaired) electrons. The highest BCUT2D eigenvalue weighted by Gasteiger charge is 2.32. The normalized spacial score (nSPS) is 13.9. The fourth-order valence-electron chi connectivity index (χ4n) is 3.57. The summed E-state index contributed by atoms with van der Waals surface area (Å²) in [7, 11) is -7.75. The molecular weight excluding hydrogens is 476 g/mol. The Hall–Kier alpha value is -2.40. The Morgan fingerprint density at radius 3 is 1.32 bits per heavy atom. The second kappa shape index (κ2) is 10.1. The van der Waals surface area contributed by atoms with E-state index >= 15 is 0 Å². The van der Waals surface area contributed by atoms with Crippen LogP contribution < -0.4 is 9.44 Å². The minimum Gasteiger partial charge on any atom is -0.289 e. The van der Waals surface area contributed by atoms with Gasteiger partial charge < -0.3 is 0 Å². The third-order valence-corrected chi connectivity index (χ3v) is 8.53. The molecule has 1 aliphatic rings. The van der Waals surface area contributed by atoms with Crippen molar-refractivity contribution < 1.29 is 26.4 Å². The highest BCUT2D eigenvalue weighted by atomic mass is 32.2. The molecule has 0 heterocycles. The summed E-state index contributed by atoms with van der Waals surface area (Å²) in [6.07, 6.45) is 1.30. The highest BCUT2D eigenvalue weighted by Crippen LogP contribution is 2.30. The van der Waals surface area contributed by atoms with Crippen LogP contribution in [0.3, 0.4) is 0 Å². The predicted molar refractivity (Wildman–Crippen MR) is 129 cm³/mol. The van der Waals surface area contributed by atoms with E-state index in [1.807, 2.05) is 27.7 Å². The summed E-state index contributed by atoms with van der Waals surface area (Å²) < 4.78 is 55.7. The van der Waals surface area contributed by atoms with Crippen molar-refractivity contribution in [1.82, 2.24) is 9.44 Å². The average molecular weight is 507 g/mol. The SMILES string of the molecule is CC(C)CCNS(=O)(=O)c1ccc2c(c1)C(=O)c1cc(S(=O)(=O)NCCC(C)C)ccc1C2=O. The van der Waals surface area contributed by atoms with Crippen molar-refractivity contribution in [2.24, 2.45) is 11.8 Å². The summed E-state index contributed by atoms with van der Waals surface area (Å²) in [5.74, 6) is -0.430. The summed E-state index contributed by atoms with van der Waals surface area (Å²) in [6.45, 7) is 8.40. The number of nitrogens with one attached hydrogen (secondary N) is 2. The number of fused-ring (bicyclic) bond motifs is 2. The molecule has 0 saturated carbocycles. The van der Waals surface area contributed by atoms with Gasteiger partial charge in [0, 0.05) is 35.3 Å². The zero-order chi connectivity index (χ0) is 25.3. The van der Waals surface area contributed by atoms with Gasteiger partial charge in [0.1, 0.15) is 0 Å². The zero-order valence-corrected chi connectivity index (χ0v) is 21.3. The predicted octanol–water partition coefficient (Wildman–Crippen LogP) is 3.11. The molecule has 0 fully saturated rings. The number of benzene rings is 2. The lowest BCUT2D eigenvalue weighted by Crippen LogP contribution is -2.28. The maximum absolute atomic E-state index is 13.2. The van der Waals surface area contributed by atoms with Crippen LogP contribution in [0.2, 0.25) is 0 Å². The molecule has 184 valence electrons. The standard InChI is InChI=1S/C24H30N2O6S2/c1-15(2)9-11-25-33(29,30)17-5-7-19-21(13-17)24(28)22-14-18(6-8-20(22)23(19)27)34(31,32)26-12-10-16(3)4/h5-8,13-16,25-26H,9-12H2,1-4H3. The van der Waals surface area contributed by atoms with E-state index < -0.39 is 31.6 Å². The molecule has 0 spiro atoms. The maximum Gasteiger partial charge on any atom is 0.240 e. The number of ketones is 2. The van der Waals surface area contributed by atoms with Crippen LogP contribution in [-0.2, 0) is 20.0 Å². The molecule has 3 rings (SSSR count). The van der Waals surface area contributed by atoms with Gasteiger partial charge in [-0.1, -0.05) is 27.7 Å². The zero-order valence-electron chi connectivity index (χ0n) is 19.7. The van der Waals surface area contributed by atoms with Crippen LogP contribution in [-0.4, -0.2) is 41.5 Å². The Morgan fingerprint density at radius 2 is 0.971 bits per heavy atom. The summed E-state index contributed by atoms with van der Waals surface area (Å²) in [4.78, 5) is 26.0. The van der Waals surface area contributed by atoms with Gasteiger partial charge in [0.15, 0.2) is 11.6 Å². The highest BCUT2D eigenvalue weighted by molar-refractivity contribution is 7.89. The Labute approximate surface area is 201 Å². The Morgan fingerprint density at radius 1 is 0.618 bits per heavy atom. The first kappa shape index (κ1) is 26.2. The second-order valence-electron chi connectivity index (χ2n) is 9.23. The fraction of sp³-hybridized carbons (Fsp3) is 0.417. The van der Waals surface area contributed by atoms with Crippen LogP contribution in [0.15, 0.2) is 46.2 Å². The van der Waals surface area contributed by atoms with Gasteiger partial charge in [-0.3, -0.25) is 9.59 Å². The van der Waals surface area contributed by atoms with Gasteiger partial charge in [-0.2, -0.15) is 0 Å². The first-order valence-corrected chi connectivity index (χ1v) is 14.2. The van der Waals surface area contributed by atoms with Gasteiger partial charge >= 0.3 is 0 Å². The van der Waals surface area contributed by atoms with E-state index in [1.54, 1.807) is 0 Å². The van der Waals surface area contributed by atoms with Gasteiger partial charge in [0.2, 0.25) is 20.0 Å². The van der Waals surface area contributed by atoms with E-state index in [9.17, 15) is 26.4 Å². The van der Waals surface area contributed by atoms with E-state index in [0.29, 0.717) is 24.7 Å². The third-order valence-electron chi connectivity index (χ3n) is 5.61. The van der Waals surface area contributed by atoms with Gasteiger partial charge in [0.05, 0.1) is 9.79 Å². The Bertz CT molecular complexity index is 1230. The van der Waals surface area contributed by atoms with Crippen molar-refractivity contribution in [3.05, 3.63) is 58.7 Å². The largest absolute Gasteiger partial charge is 0.289 e. The molecule has 34 heavy (non-hydrogen) atoms. The molecule has 0 atom stereocenters. The number of hydrogen-bond acceptors (Lipinski definition) is 6. The summed E-state index contributed by atoms with van der Waals surface area (Å²) >= 11 is 0. The number of rotatable bonds is 10. The number of carbonyl (C=O) groups excluding carboxylic acids is 2. The van der Waals surface area contributed by atoms with Crippen molar-refractivity contribution >= 4 is 31.6 Å². The Balaban J connectivity index is 1.94. The minimum atomic E-state index is -3.88. The molecule has 0 unspecified atom stereocenters. The molecular formula is C24H30N2O6S2. The molecule has 0 amide bonds. The van der Waals surface area contributed by atoms with E-state index in [0.717, 1.165) is 0 Å². The quantitative estimate of drug-likeness (QED) is 0.435. The first-order chi connectivity index (χ1) is 15.8. The number of carbonyl (C=O) groups is 2. The lowest BCUT2D eigenvalue weighted by molar-refractivity contribution is 0.0978. The number of hydrogen-bond donors (Lipinski definition) is 2. The summed E-state index contributed by atoms with van der Waals surface area (Å²) in [6, 6.07) is 7.60. The number of sulfonamides is 2. The van der Waals surface area contributed by atoms with Crippen molar-refractivity contribution in [2.75, 3.05) is 13.1 Å².